The number of methoxy groups -OCH3 is 1. The summed E-state index contributed by atoms with van der Waals surface area (Å²) < 4.78 is 36.9. The molecule has 0 radical (unpaired) electrons. The van der Waals surface area contributed by atoms with Crippen molar-refractivity contribution >= 4 is 41.0 Å². The molecule has 2 aromatic rings. The van der Waals surface area contributed by atoms with E-state index in [4.69, 9.17) is 38.4 Å². The van der Waals surface area contributed by atoms with Gasteiger partial charge >= 0.3 is 12.1 Å². The lowest BCUT2D eigenvalue weighted by Gasteiger charge is -2.47. The van der Waals surface area contributed by atoms with E-state index < -0.39 is 83.5 Å². The number of ketones is 1. The van der Waals surface area contributed by atoms with Crippen LogP contribution in [0.1, 0.15) is 80.2 Å². The number of fused-ring (bicyclic) bond motifs is 1. The number of hydrogen-bond donors (Lipinski definition) is 1. The number of rotatable bonds is 10. The van der Waals surface area contributed by atoms with Crippen LogP contribution in [0.25, 0.3) is 16.5 Å². The summed E-state index contributed by atoms with van der Waals surface area (Å²) >= 11 is 1.69. The first kappa shape index (κ1) is 45.4. The Morgan fingerprint density at radius 3 is 2.34 bits per heavy atom. The molecule has 3 aliphatic rings. The highest BCUT2D eigenvalue weighted by atomic mass is 32.1. The van der Waals surface area contributed by atoms with Gasteiger partial charge < -0.3 is 43.3 Å². The predicted octanol–water partition coefficient (Wildman–Crippen LogP) is 7.15. The van der Waals surface area contributed by atoms with Gasteiger partial charge in [-0.15, -0.1) is 11.3 Å². The number of benzene rings is 1. The van der Waals surface area contributed by atoms with Gasteiger partial charge in [0.05, 0.1) is 23.5 Å². The second-order valence-electron chi connectivity index (χ2n) is 16.7. The smallest absolute Gasteiger partial charge is 0.457 e. The number of esters is 1. The summed E-state index contributed by atoms with van der Waals surface area (Å²) in [5.41, 5.74) is 0.0489. The van der Waals surface area contributed by atoms with Gasteiger partial charge in [-0.05, 0) is 89.7 Å². The first-order valence-electron chi connectivity index (χ1n) is 20.3. The maximum atomic E-state index is 14.3. The molecule has 0 unspecified atom stereocenters. The molecule has 5 rings (SSSR count). The number of cyclic esters (lactones) is 1. The second-order valence-corrected chi connectivity index (χ2v) is 17.6. The van der Waals surface area contributed by atoms with Crippen LogP contribution in [0.3, 0.4) is 0 Å². The first-order valence-corrected chi connectivity index (χ1v) is 21.2. The van der Waals surface area contributed by atoms with Gasteiger partial charge in [0, 0.05) is 35.8 Å². The Labute approximate surface area is 347 Å². The largest absolute Gasteiger partial charge is 0.509 e. The van der Waals surface area contributed by atoms with E-state index >= 15 is 0 Å². The van der Waals surface area contributed by atoms with Crippen LogP contribution < -0.4 is 0 Å². The zero-order chi connectivity index (χ0) is 42.5. The highest BCUT2D eigenvalue weighted by Crippen LogP contribution is 2.42. The SMILES string of the molecule is CC[C@H]1OC(=O)[C@H](C)C(=O)[C@H](C)[C@@H](O[C@@H]2O[C@H](C)C[C@H](N(C)C)[C@H]2O)[C@](C)(OC)C[C@@H](C)/C(=N\OC/C=C/c2ccc(-c3cccs3)cc2)[C@H](C)[C@H]2OC(=O)O[C@@]21C. The van der Waals surface area contributed by atoms with Crippen molar-refractivity contribution in [2.24, 2.45) is 28.8 Å². The zero-order valence-electron chi connectivity index (χ0n) is 35.7. The van der Waals surface area contributed by atoms with Crippen molar-refractivity contribution in [3.05, 3.63) is 53.4 Å². The molecular weight excluding hydrogens is 765 g/mol. The van der Waals surface area contributed by atoms with E-state index in [0.717, 1.165) is 11.1 Å². The highest BCUT2D eigenvalue weighted by molar-refractivity contribution is 7.13. The van der Waals surface area contributed by atoms with Crippen molar-refractivity contribution in [1.29, 1.82) is 0 Å². The van der Waals surface area contributed by atoms with Crippen LogP contribution in [0.2, 0.25) is 0 Å². The van der Waals surface area contributed by atoms with Crippen LogP contribution >= 0.6 is 11.3 Å². The molecule has 1 aromatic carbocycles. The Bertz CT molecular complexity index is 1770. The lowest BCUT2D eigenvalue weighted by Crippen LogP contribution is -2.59. The summed E-state index contributed by atoms with van der Waals surface area (Å²) in [4.78, 5) is 50.2. The molecule has 1 N–H and O–H groups in total. The van der Waals surface area contributed by atoms with Crippen LogP contribution in [0.4, 0.5) is 4.79 Å². The fraction of sp³-hybridized carbons (Fsp3) is 0.636. The standard InChI is InChI=1S/C44H62N2O11S/c1-12-34-44(8)39(56-42(50)57-44)27(4)35(45-52-21-13-15-30-17-19-31(20-18-30)33-16-14-22-58-33)25(2)24-43(7,51-11)38(28(5)36(47)29(6)40(49)54-34)55-41-37(48)32(46(9)10)23-26(3)53-41/h13-20,22,25-29,32,34,37-39,41,48H,12,21,23-24H2,1-11H3/b15-13+,45-35+/t25-,26-,27+,28+,29-,32+,34-,37-,38-,39-,41+,43-,44-/m1/s1. The normalized spacial score (nSPS) is 37.3. The molecule has 1 aromatic heterocycles. The van der Waals surface area contributed by atoms with E-state index in [1.807, 2.05) is 84.0 Å². The van der Waals surface area contributed by atoms with Crippen LogP contribution in [-0.2, 0) is 42.8 Å². The van der Waals surface area contributed by atoms with Crippen molar-refractivity contribution < 1.29 is 52.7 Å². The van der Waals surface area contributed by atoms with Crippen LogP contribution in [0.5, 0.6) is 0 Å². The van der Waals surface area contributed by atoms with E-state index in [-0.39, 0.29) is 31.6 Å². The molecular formula is C44H62N2O11S. The van der Waals surface area contributed by atoms with E-state index in [1.165, 1.54) is 18.9 Å². The average Bonchev–Trinajstić information content (AvgIpc) is 3.84. The van der Waals surface area contributed by atoms with Crippen LogP contribution in [0, 0.1) is 23.7 Å². The van der Waals surface area contributed by atoms with Crippen molar-refractivity contribution in [3.63, 3.8) is 0 Å². The summed E-state index contributed by atoms with van der Waals surface area (Å²) in [6.07, 6.45) is -1.28. The van der Waals surface area contributed by atoms with Crippen molar-refractivity contribution in [2.75, 3.05) is 27.8 Å². The van der Waals surface area contributed by atoms with E-state index in [1.54, 1.807) is 25.2 Å². The van der Waals surface area contributed by atoms with E-state index in [0.29, 0.717) is 12.1 Å². The molecule has 58 heavy (non-hydrogen) atoms. The minimum absolute atomic E-state index is 0.141. The lowest BCUT2D eigenvalue weighted by atomic mass is 9.74. The molecule has 0 aliphatic carbocycles. The van der Waals surface area contributed by atoms with Gasteiger partial charge in [0.15, 0.2) is 23.8 Å². The summed E-state index contributed by atoms with van der Waals surface area (Å²) in [5, 5.41) is 18.3. The number of carbonyl (C=O) groups excluding carboxylic acids is 3. The summed E-state index contributed by atoms with van der Waals surface area (Å²) in [7, 11) is 5.31. The molecule has 3 aliphatic heterocycles. The summed E-state index contributed by atoms with van der Waals surface area (Å²) in [5.74, 6) is -4.37. The number of hydrogen-bond acceptors (Lipinski definition) is 14. The molecule has 0 amide bonds. The number of ether oxygens (including phenoxy) is 6. The topological polar surface area (TPSA) is 152 Å². The van der Waals surface area contributed by atoms with E-state index in [2.05, 4.69) is 23.6 Å². The number of nitrogens with zero attached hydrogens (tertiary/aromatic N) is 2. The maximum Gasteiger partial charge on any atom is 0.509 e. The molecule has 0 bridgehead atoms. The average molecular weight is 827 g/mol. The minimum Gasteiger partial charge on any atom is -0.457 e. The Morgan fingerprint density at radius 1 is 1.02 bits per heavy atom. The third-order valence-corrected chi connectivity index (χ3v) is 13.1. The van der Waals surface area contributed by atoms with Gasteiger partial charge in [-0.3, -0.25) is 9.59 Å². The van der Waals surface area contributed by atoms with Gasteiger partial charge in [-0.25, -0.2) is 4.79 Å². The number of aliphatic hydroxyl groups is 1. The van der Waals surface area contributed by atoms with Gasteiger partial charge in [-0.1, -0.05) is 69.3 Å². The van der Waals surface area contributed by atoms with Gasteiger partial charge in [0.1, 0.15) is 24.7 Å². The molecule has 3 fully saturated rings. The molecule has 13 nitrogen and oxygen atoms in total. The molecule has 13 atom stereocenters. The van der Waals surface area contributed by atoms with Crippen molar-refractivity contribution in [1.82, 2.24) is 4.90 Å². The third-order valence-electron chi connectivity index (χ3n) is 12.2. The molecule has 3 saturated heterocycles. The molecule has 14 heteroatoms. The quantitative estimate of drug-likeness (QED) is 0.112. The minimum atomic E-state index is -1.42. The molecule has 4 heterocycles. The highest BCUT2D eigenvalue weighted by Gasteiger charge is 2.58. The number of carbonyl (C=O) groups is 3. The first-order chi connectivity index (χ1) is 27.4. The molecule has 0 spiro atoms. The van der Waals surface area contributed by atoms with E-state index in [9.17, 15) is 19.5 Å². The third kappa shape index (κ3) is 9.85. The Hall–Kier alpha value is -3.66. The molecule has 0 saturated carbocycles. The number of thiophene rings is 1. The number of oxime groups is 1. The zero-order valence-corrected chi connectivity index (χ0v) is 36.5. The van der Waals surface area contributed by atoms with Crippen molar-refractivity contribution in [2.45, 2.75) is 129 Å². The van der Waals surface area contributed by atoms with Crippen LogP contribution in [-0.4, -0.2) is 115 Å². The summed E-state index contributed by atoms with van der Waals surface area (Å²) in [6, 6.07) is 12.1. The lowest BCUT2D eigenvalue weighted by molar-refractivity contribution is -0.295. The van der Waals surface area contributed by atoms with Crippen molar-refractivity contribution in [3.8, 4) is 10.4 Å². The van der Waals surface area contributed by atoms with Gasteiger partial charge in [0.25, 0.3) is 0 Å². The maximum absolute atomic E-state index is 14.3. The van der Waals surface area contributed by atoms with Gasteiger partial charge in [-0.2, -0.15) is 0 Å². The fourth-order valence-electron chi connectivity index (χ4n) is 8.77. The number of Topliss-reactive ketones (excluding diaryl/α,β-unsaturated/α-hetero) is 1. The fourth-order valence-corrected chi connectivity index (χ4v) is 9.51. The Balaban J connectivity index is 1.51. The van der Waals surface area contributed by atoms with Crippen LogP contribution in [0.15, 0.2) is 53.0 Å². The second kappa shape index (κ2) is 19.2. The number of aliphatic hydroxyl groups excluding tert-OH is 1. The monoisotopic (exact) mass is 826 g/mol. The Kier molecular flexibility index (Phi) is 15.0. The van der Waals surface area contributed by atoms with Gasteiger partial charge in [0.2, 0.25) is 0 Å². The predicted molar refractivity (Wildman–Crippen MR) is 221 cm³/mol. The molecule has 320 valence electrons. The summed E-state index contributed by atoms with van der Waals surface area (Å²) in [6.45, 7) is 14.4. The number of likely N-dealkylation sites (N-methyl/N-ethyl adjacent to an activating group) is 1. The Morgan fingerprint density at radius 2 is 1.72 bits per heavy atom.